The molecule has 0 aromatic heterocycles. The molecule has 0 aliphatic heterocycles. The highest BCUT2D eigenvalue weighted by molar-refractivity contribution is 5.16. The van der Waals surface area contributed by atoms with Gasteiger partial charge in [-0.05, 0) is 19.9 Å². The second kappa shape index (κ2) is 2.45. The third kappa shape index (κ3) is 2.04. The van der Waals surface area contributed by atoms with Crippen molar-refractivity contribution in [3.05, 3.63) is 23.9 Å². The van der Waals surface area contributed by atoms with E-state index >= 15 is 0 Å². The first-order valence-electron chi connectivity index (χ1n) is 2.24. The van der Waals surface area contributed by atoms with E-state index in [1.165, 1.54) is 0 Å². The molecule has 0 aliphatic carbocycles. The zero-order valence-electron chi connectivity index (χ0n) is 4.86. The number of rotatable bonds is 1. The van der Waals surface area contributed by atoms with Gasteiger partial charge in [0.1, 0.15) is 0 Å². The fraction of sp³-hybridized carbons (Fsp3) is 0.333. The predicted molar refractivity (Wildman–Crippen MR) is 32.8 cm³/mol. The van der Waals surface area contributed by atoms with Gasteiger partial charge in [-0.25, -0.2) is 0 Å². The van der Waals surface area contributed by atoms with Gasteiger partial charge in [-0.2, -0.15) is 0 Å². The fourth-order valence-corrected chi connectivity index (χ4v) is 0.204. The van der Waals surface area contributed by atoms with Crippen molar-refractivity contribution in [2.45, 2.75) is 13.8 Å². The Morgan fingerprint density at radius 3 is 2.00 bits per heavy atom. The maximum atomic E-state index is 5.38. The Balaban J connectivity index is 3.98. The van der Waals surface area contributed by atoms with Crippen LogP contribution in [0.5, 0.6) is 0 Å². The average Bonchev–Trinajstić information content (AvgIpc) is 1.65. The number of hydrogen-bond acceptors (Lipinski definition) is 1. The summed E-state index contributed by atoms with van der Waals surface area (Å²) in [5, 5.41) is 0. The molecule has 0 rings (SSSR count). The highest BCUT2D eigenvalue weighted by Crippen LogP contribution is 1.93. The maximum Gasteiger partial charge on any atom is 0.0294 e. The van der Waals surface area contributed by atoms with Crippen LogP contribution in [0, 0.1) is 0 Å². The lowest BCUT2D eigenvalue weighted by molar-refractivity contribution is 1.26. The Labute approximate surface area is 44.5 Å². The van der Waals surface area contributed by atoms with E-state index < -0.39 is 0 Å². The van der Waals surface area contributed by atoms with Crippen molar-refractivity contribution in [2.75, 3.05) is 0 Å². The van der Waals surface area contributed by atoms with E-state index in [1.807, 2.05) is 13.8 Å². The lowest BCUT2D eigenvalue weighted by atomic mass is 10.3. The standard InChI is InChI=1S/C6H11N/c1-4-6(7)5(2)3/h4H,1,7H2,2-3H3. The van der Waals surface area contributed by atoms with Gasteiger partial charge in [0.2, 0.25) is 0 Å². The van der Waals surface area contributed by atoms with Gasteiger partial charge in [-0.1, -0.05) is 12.2 Å². The quantitative estimate of drug-likeness (QED) is 0.492. The Hall–Kier alpha value is -0.720. The third-order valence-corrected chi connectivity index (χ3v) is 0.797. The van der Waals surface area contributed by atoms with Gasteiger partial charge in [0.15, 0.2) is 0 Å². The summed E-state index contributed by atoms with van der Waals surface area (Å²) >= 11 is 0. The van der Waals surface area contributed by atoms with Gasteiger partial charge in [0, 0.05) is 5.70 Å². The number of nitrogens with two attached hydrogens (primary N) is 1. The summed E-state index contributed by atoms with van der Waals surface area (Å²) in [5.41, 5.74) is 7.28. The highest BCUT2D eigenvalue weighted by Gasteiger charge is 1.79. The van der Waals surface area contributed by atoms with Crippen LogP contribution in [0.2, 0.25) is 0 Å². The molecule has 0 atom stereocenters. The van der Waals surface area contributed by atoms with E-state index in [0.29, 0.717) is 0 Å². The van der Waals surface area contributed by atoms with Crippen molar-refractivity contribution in [1.82, 2.24) is 0 Å². The van der Waals surface area contributed by atoms with E-state index in [0.717, 1.165) is 11.3 Å². The maximum absolute atomic E-state index is 5.38. The summed E-state index contributed by atoms with van der Waals surface area (Å²) in [6.07, 6.45) is 1.65. The van der Waals surface area contributed by atoms with Crippen molar-refractivity contribution < 1.29 is 0 Å². The highest BCUT2D eigenvalue weighted by atomic mass is 14.6. The van der Waals surface area contributed by atoms with E-state index in [9.17, 15) is 0 Å². The molecule has 1 heteroatoms. The first-order valence-corrected chi connectivity index (χ1v) is 2.24. The van der Waals surface area contributed by atoms with E-state index in [-0.39, 0.29) is 0 Å². The minimum atomic E-state index is 0.778. The summed E-state index contributed by atoms with van der Waals surface area (Å²) in [7, 11) is 0. The topological polar surface area (TPSA) is 26.0 Å². The van der Waals surface area contributed by atoms with Crippen LogP contribution in [-0.2, 0) is 0 Å². The van der Waals surface area contributed by atoms with Crippen LogP contribution in [0.3, 0.4) is 0 Å². The summed E-state index contributed by atoms with van der Waals surface area (Å²) in [6, 6.07) is 0. The molecular weight excluding hydrogens is 86.1 g/mol. The molecule has 1 nitrogen and oxygen atoms in total. The molecule has 0 radical (unpaired) electrons. The zero-order valence-corrected chi connectivity index (χ0v) is 4.86. The molecule has 0 aliphatic rings. The Bertz CT molecular complexity index is 96.7. The molecule has 0 saturated carbocycles. The average molecular weight is 97.2 g/mol. The van der Waals surface area contributed by atoms with Crippen LogP contribution in [0.15, 0.2) is 23.9 Å². The Kier molecular flexibility index (Phi) is 2.20. The van der Waals surface area contributed by atoms with Crippen molar-refractivity contribution in [3.8, 4) is 0 Å². The molecule has 0 saturated heterocycles. The van der Waals surface area contributed by atoms with E-state index in [4.69, 9.17) is 5.73 Å². The van der Waals surface area contributed by atoms with Crippen LogP contribution in [0.1, 0.15) is 13.8 Å². The SMILES string of the molecule is C=CC(N)=C(C)C. The summed E-state index contributed by atoms with van der Waals surface area (Å²) in [6.45, 7) is 7.41. The fourth-order valence-electron chi connectivity index (χ4n) is 0.204. The molecule has 7 heavy (non-hydrogen) atoms. The second-order valence-corrected chi connectivity index (χ2v) is 1.66. The molecule has 0 unspecified atom stereocenters. The van der Waals surface area contributed by atoms with Crippen molar-refractivity contribution in [3.63, 3.8) is 0 Å². The van der Waals surface area contributed by atoms with Gasteiger partial charge in [-0.3, -0.25) is 0 Å². The summed E-state index contributed by atoms with van der Waals surface area (Å²) in [4.78, 5) is 0. The Morgan fingerprint density at radius 2 is 2.00 bits per heavy atom. The molecule has 0 amide bonds. The molecule has 0 aromatic rings. The molecule has 0 aromatic carbocycles. The smallest absolute Gasteiger partial charge is 0.0294 e. The Morgan fingerprint density at radius 1 is 1.57 bits per heavy atom. The molecular formula is C6H11N. The van der Waals surface area contributed by atoms with Crippen molar-refractivity contribution in [2.24, 2.45) is 5.73 Å². The van der Waals surface area contributed by atoms with Crippen LogP contribution in [-0.4, -0.2) is 0 Å². The van der Waals surface area contributed by atoms with Gasteiger partial charge < -0.3 is 5.73 Å². The van der Waals surface area contributed by atoms with Crippen molar-refractivity contribution in [1.29, 1.82) is 0 Å². The van der Waals surface area contributed by atoms with E-state index in [2.05, 4.69) is 6.58 Å². The first kappa shape index (κ1) is 6.28. The van der Waals surface area contributed by atoms with Crippen molar-refractivity contribution >= 4 is 0 Å². The number of allylic oxidation sites excluding steroid dienone is 2. The van der Waals surface area contributed by atoms with Gasteiger partial charge in [-0.15, -0.1) is 0 Å². The molecule has 0 bridgehead atoms. The minimum Gasteiger partial charge on any atom is -0.399 e. The van der Waals surface area contributed by atoms with E-state index in [1.54, 1.807) is 6.08 Å². The largest absolute Gasteiger partial charge is 0.399 e. The van der Waals surface area contributed by atoms with Crippen LogP contribution < -0.4 is 5.73 Å². The summed E-state index contributed by atoms with van der Waals surface area (Å²) < 4.78 is 0. The normalized spacial score (nSPS) is 7.71. The minimum absolute atomic E-state index is 0.778. The molecule has 0 fully saturated rings. The van der Waals surface area contributed by atoms with Gasteiger partial charge in [0.05, 0.1) is 0 Å². The van der Waals surface area contributed by atoms with Crippen LogP contribution >= 0.6 is 0 Å². The monoisotopic (exact) mass is 97.1 g/mol. The molecule has 40 valence electrons. The number of hydrogen-bond donors (Lipinski definition) is 1. The zero-order chi connectivity index (χ0) is 5.86. The van der Waals surface area contributed by atoms with Crippen LogP contribution in [0.25, 0.3) is 0 Å². The molecule has 0 heterocycles. The first-order chi connectivity index (χ1) is 3.18. The predicted octanol–water partition coefficient (Wildman–Crippen LogP) is 1.43. The molecule has 0 spiro atoms. The summed E-state index contributed by atoms with van der Waals surface area (Å²) in [5.74, 6) is 0. The second-order valence-electron chi connectivity index (χ2n) is 1.66. The third-order valence-electron chi connectivity index (χ3n) is 0.797. The molecule has 2 N–H and O–H groups in total. The van der Waals surface area contributed by atoms with Gasteiger partial charge >= 0.3 is 0 Å². The van der Waals surface area contributed by atoms with Crippen LogP contribution in [0.4, 0.5) is 0 Å². The van der Waals surface area contributed by atoms with Gasteiger partial charge in [0.25, 0.3) is 0 Å². The lowest BCUT2D eigenvalue weighted by Gasteiger charge is -1.91. The lowest BCUT2D eigenvalue weighted by Crippen LogP contribution is -1.93.